The summed E-state index contributed by atoms with van der Waals surface area (Å²) in [7, 11) is 1.58. The second-order valence-corrected chi connectivity index (χ2v) is 4.60. The highest BCUT2D eigenvalue weighted by molar-refractivity contribution is 5.89. The first-order valence-electron chi connectivity index (χ1n) is 5.68. The van der Waals surface area contributed by atoms with E-state index in [1.54, 1.807) is 7.05 Å². The Morgan fingerprint density at radius 3 is 2.56 bits per heavy atom. The standard InChI is InChI=1S/C11H17NO4/c1-12-9(11(14)15)6-8(10(12)13)7-2-4-16-5-3-7/h7-9H,2-6H2,1H3,(H,14,15). The molecule has 0 radical (unpaired) electrons. The highest BCUT2D eigenvalue weighted by Gasteiger charge is 2.44. The summed E-state index contributed by atoms with van der Waals surface area (Å²) in [6, 6.07) is -0.639. The van der Waals surface area contributed by atoms with Crippen molar-refractivity contribution >= 4 is 11.9 Å². The molecule has 90 valence electrons. The molecule has 2 saturated heterocycles. The van der Waals surface area contributed by atoms with Crippen molar-refractivity contribution < 1.29 is 19.4 Å². The van der Waals surface area contributed by atoms with Crippen LogP contribution in [0.25, 0.3) is 0 Å². The minimum absolute atomic E-state index is 0.0145. The summed E-state index contributed by atoms with van der Waals surface area (Å²) < 4.78 is 5.25. The van der Waals surface area contributed by atoms with Gasteiger partial charge in [0.2, 0.25) is 5.91 Å². The Labute approximate surface area is 94.4 Å². The summed E-state index contributed by atoms with van der Waals surface area (Å²) in [5, 5.41) is 9.00. The number of carbonyl (C=O) groups excluding carboxylic acids is 1. The minimum Gasteiger partial charge on any atom is -0.480 e. The van der Waals surface area contributed by atoms with E-state index in [9.17, 15) is 9.59 Å². The van der Waals surface area contributed by atoms with E-state index in [1.165, 1.54) is 4.90 Å². The highest BCUT2D eigenvalue weighted by atomic mass is 16.5. The van der Waals surface area contributed by atoms with Gasteiger partial charge in [-0.3, -0.25) is 4.79 Å². The quantitative estimate of drug-likeness (QED) is 0.739. The number of likely N-dealkylation sites (tertiary alicyclic amines) is 1. The molecule has 2 aliphatic rings. The van der Waals surface area contributed by atoms with Gasteiger partial charge >= 0.3 is 5.97 Å². The SMILES string of the molecule is CN1C(=O)C(C2CCOCC2)CC1C(=O)O. The number of carbonyl (C=O) groups is 2. The van der Waals surface area contributed by atoms with Crippen LogP contribution < -0.4 is 0 Å². The Morgan fingerprint density at radius 1 is 1.44 bits per heavy atom. The fourth-order valence-corrected chi connectivity index (χ4v) is 2.69. The molecule has 2 aliphatic heterocycles. The van der Waals surface area contributed by atoms with Gasteiger partial charge < -0.3 is 14.7 Å². The van der Waals surface area contributed by atoms with Gasteiger partial charge in [-0.25, -0.2) is 4.79 Å². The van der Waals surface area contributed by atoms with E-state index >= 15 is 0 Å². The number of nitrogens with zero attached hydrogens (tertiary/aromatic N) is 1. The van der Waals surface area contributed by atoms with Gasteiger partial charge in [-0.2, -0.15) is 0 Å². The Morgan fingerprint density at radius 2 is 2.06 bits per heavy atom. The van der Waals surface area contributed by atoms with Crippen LogP contribution in [0, 0.1) is 11.8 Å². The zero-order valence-corrected chi connectivity index (χ0v) is 9.39. The Balaban J connectivity index is 2.06. The maximum absolute atomic E-state index is 11.9. The molecule has 16 heavy (non-hydrogen) atoms. The van der Waals surface area contributed by atoms with Crippen molar-refractivity contribution in [3.63, 3.8) is 0 Å². The summed E-state index contributed by atoms with van der Waals surface area (Å²) in [6.07, 6.45) is 2.20. The lowest BCUT2D eigenvalue weighted by molar-refractivity contribution is -0.145. The predicted octanol–water partition coefficient (Wildman–Crippen LogP) is 0.344. The van der Waals surface area contributed by atoms with Gasteiger partial charge in [0.25, 0.3) is 0 Å². The lowest BCUT2D eigenvalue weighted by Gasteiger charge is -2.26. The number of rotatable bonds is 2. The van der Waals surface area contributed by atoms with Crippen LogP contribution >= 0.6 is 0 Å². The number of ether oxygens (including phenoxy) is 1. The van der Waals surface area contributed by atoms with Crippen molar-refractivity contribution in [2.24, 2.45) is 11.8 Å². The molecular formula is C11H17NO4. The van der Waals surface area contributed by atoms with Crippen molar-refractivity contribution in [1.29, 1.82) is 0 Å². The maximum atomic E-state index is 11.9. The molecule has 1 N–H and O–H groups in total. The lowest BCUT2D eigenvalue weighted by atomic mass is 9.84. The van der Waals surface area contributed by atoms with E-state index in [1.807, 2.05) is 0 Å². The highest BCUT2D eigenvalue weighted by Crippen LogP contribution is 2.34. The number of carboxylic acids is 1. The van der Waals surface area contributed by atoms with Crippen LogP contribution in [0.2, 0.25) is 0 Å². The fourth-order valence-electron chi connectivity index (χ4n) is 2.69. The topological polar surface area (TPSA) is 66.8 Å². The van der Waals surface area contributed by atoms with E-state index in [0.29, 0.717) is 25.6 Å². The maximum Gasteiger partial charge on any atom is 0.326 e. The molecule has 2 unspecified atom stereocenters. The van der Waals surface area contributed by atoms with Gasteiger partial charge in [-0.05, 0) is 25.2 Å². The second-order valence-electron chi connectivity index (χ2n) is 4.60. The second kappa shape index (κ2) is 4.41. The summed E-state index contributed by atoms with van der Waals surface area (Å²) in [5.41, 5.74) is 0. The Hall–Kier alpha value is -1.10. The van der Waals surface area contributed by atoms with Gasteiger partial charge in [0.15, 0.2) is 0 Å². The molecule has 0 aromatic heterocycles. The van der Waals surface area contributed by atoms with Crippen molar-refractivity contribution in [1.82, 2.24) is 4.90 Å². The Kier molecular flexibility index (Phi) is 3.14. The molecule has 5 heteroatoms. The first-order chi connectivity index (χ1) is 7.61. The van der Waals surface area contributed by atoms with Crippen molar-refractivity contribution in [2.75, 3.05) is 20.3 Å². The first-order valence-corrected chi connectivity index (χ1v) is 5.68. The van der Waals surface area contributed by atoms with Crippen LogP contribution in [0.3, 0.4) is 0 Å². The van der Waals surface area contributed by atoms with E-state index in [4.69, 9.17) is 9.84 Å². The molecule has 2 atom stereocenters. The number of hydrogen-bond acceptors (Lipinski definition) is 3. The van der Waals surface area contributed by atoms with Crippen LogP contribution in [-0.2, 0) is 14.3 Å². The molecular weight excluding hydrogens is 210 g/mol. The molecule has 2 rings (SSSR count). The number of hydrogen-bond donors (Lipinski definition) is 1. The lowest BCUT2D eigenvalue weighted by Crippen LogP contribution is -2.36. The fraction of sp³-hybridized carbons (Fsp3) is 0.818. The summed E-state index contributed by atoms with van der Waals surface area (Å²) in [4.78, 5) is 24.3. The predicted molar refractivity (Wildman–Crippen MR) is 55.8 cm³/mol. The largest absolute Gasteiger partial charge is 0.480 e. The Bertz CT molecular complexity index is 298. The van der Waals surface area contributed by atoms with Gasteiger partial charge in [-0.15, -0.1) is 0 Å². The zero-order chi connectivity index (χ0) is 11.7. The monoisotopic (exact) mass is 227 g/mol. The van der Waals surface area contributed by atoms with E-state index in [0.717, 1.165) is 12.8 Å². The van der Waals surface area contributed by atoms with Crippen LogP contribution in [0.1, 0.15) is 19.3 Å². The summed E-state index contributed by atoms with van der Waals surface area (Å²) in [6.45, 7) is 1.38. The molecule has 0 saturated carbocycles. The average molecular weight is 227 g/mol. The average Bonchev–Trinajstić information content (AvgIpc) is 2.58. The van der Waals surface area contributed by atoms with Gasteiger partial charge in [0.1, 0.15) is 6.04 Å². The summed E-state index contributed by atoms with van der Waals surface area (Å²) in [5.74, 6) is -0.729. The molecule has 0 aliphatic carbocycles. The van der Waals surface area contributed by atoms with E-state index in [2.05, 4.69) is 0 Å². The van der Waals surface area contributed by atoms with Crippen molar-refractivity contribution in [2.45, 2.75) is 25.3 Å². The normalized spacial score (nSPS) is 32.1. The molecule has 0 aromatic carbocycles. The molecule has 0 aromatic rings. The third kappa shape index (κ3) is 1.91. The molecule has 2 fully saturated rings. The number of aliphatic carboxylic acids is 1. The molecule has 1 amide bonds. The van der Waals surface area contributed by atoms with Gasteiger partial charge in [0, 0.05) is 26.2 Å². The minimum atomic E-state index is -0.898. The van der Waals surface area contributed by atoms with Crippen LogP contribution in [0.4, 0.5) is 0 Å². The van der Waals surface area contributed by atoms with E-state index in [-0.39, 0.29) is 11.8 Å². The third-order valence-corrected chi connectivity index (χ3v) is 3.73. The van der Waals surface area contributed by atoms with Gasteiger partial charge in [-0.1, -0.05) is 0 Å². The van der Waals surface area contributed by atoms with Gasteiger partial charge in [0.05, 0.1) is 0 Å². The third-order valence-electron chi connectivity index (χ3n) is 3.73. The number of likely N-dealkylation sites (N-methyl/N-ethyl adjacent to an activating group) is 1. The summed E-state index contributed by atoms with van der Waals surface area (Å²) >= 11 is 0. The van der Waals surface area contributed by atoms with Crippen LogP contribution in [-0.4, -0.2) is 48.2 Å². The van der Waals surface area contributed by atoms with Crippen molar-refractivity contribution in [3.8, 4) is 0 Å². The molecule has 2 heterocycles. The van der Waals surface area contributed by atoms with Crippen LogP contribution in [0.15, 0.2) is 0 Å². The van der Waals surface area contributed by atoms with Crippen LogP contribution in [0.5, 0.6) is 0 Å². The number of amides is 1. The van der Waals surface area contributed by atoms with E-state index < -0.39 is 12.0 Å². The smallest absolute Gasteiger partial charge is 0.326 e. The van der Waals surface area contributed by atoms with Crippen molar-refractivity contribution in [3.05, 3.63) is 0 Å². The number of carboxylic acid groups (broad SMARTS) is 1. The first kappa shape index (κ1) is 11.4. The molecule has 5 nitrogen and oxygen atoms in total. The molecule has 0 bridgehead atoms. The molecule has 0 spiro atoms. The zero-order valence-electron chi connectivity index (χ0n) is 9.39.